The molecule has 2 N–H and O–H groups in total. The van der Waals surface area contributed by atoms with E-state index < -0.39 is 12.4 Å². The van der Waals surface area contributed by atoms with Gasteiger partial charge in [-0.2, -0.15) is 0 Å². The average molecular weight is 195 g/mol. The number of amides is 1. The van der Waals surface area contributed by atoms with Crippen LogP contribution in [0.1, 0.15) is 25.7 Å². The molecule has 4 nitrogen and oxygen atoms in total. The third kappa shape index (κ3) is 2.03. The molecule has 0 bridgehead atoms. The molecule has 0 aromatic heterocycles. The highest BCUT2D eigenvalue weighted by atomic mass is 16.6. The molecule has 1 atom stereocenters. The summed E-state index contributed by atoms with van der Waals surface area (Å²) < 4.78 is 4.52. The largest absolute Gasteiger partial charge is 0.415 e. The highest BCUT2D eigenvalue weighted by Crippen LogP contribution is 2.27. The van der Waals surface area contributed by atoms with E-state index in [9.17, 15) is 9.90 Å². The number of nitrogens with one attached hydrogen (secondary N) is 1. The number of fused-ring (bicyclic) bond motifs is 1. The summed E-state index contributed by atoms with van der Waals surface area (Å²) >= 11 is 0. The van der Waals surface area contributed by atoms with Crippen LogP contribution in [-0.2, 0) is 4.74 Å². The zero-order chi connectivity index (χ0) is 10.6. The van der Waals surface area contributed by atoms with Crippen molar-refractivity contribution in [2.45, 2.75) is 20.1 Å². The van der Waals surface area contributed by atoms with E-state index in [0.29, 0.717) is 11.3 Å². The average Bonchev–Trinajstić information content (AvgIpc) is 2.20. The van der Waals surface area contributed by atoms with Gasteiger partial charge >= 0.3 is 6.09 Å². The molecule has 1 unspecified atom stereocenters. The minimum Gasteiger partial charge on any atom is -0.415 e. The Morgan fingerprint density at radius 2 is 2.00 bits per heavy atom. The van der Waals surface area contributed by atoms with Gasteiger partial charge in [-0.15, -0.1) is 0 Å². The van der Waals surface area contributed by atoms with Gasteiger partial charge in [-0.05, 0) is 6.07 Å². The summed E-state index contributed by atoms with van der Waals surface area (Å²) in [5.74, 6) is 0. The summed E-state index contributed by atoms with van der Waals surface area (Å²) in [7, 11) is 0. The number of carbonyl (C=O) groups excluding carboxylic acids is 1. The van der Waals surface area contributed by atoms with E-state index in [2.05, 4.69) is 10.1 Å². The van der Waals surface area contributed by atoms with Crippen LogP contribution in [0.4, 0.5) is 10.5 Å². The smallest absolute Gasteiger partial charge is 0.414 e. The van der Waals surface area contributed by atoms with Gasteiger partial charge in [-0.1, -0.05) is 32.0 Å². The Balaban J connectivity index is 0.000000461. The third-order valence-corrected chi connectivity index (χ3v) is 1.68. The Labute approximate surface area is 82.5 Å². The minimum atomic E-state index is -1.14. The molecule has 76 valence electrons. The van der Waals surface area contributed by atoms with Crippen molar-refractivity contribution in [1.82, 2.24) is 0 Å². The van der Waals surface area contributed by atoms with E-state index in [-0.39, 0.29) is 0 Å². The molecular formula is C10H13NO3. The maximum absolute atomic E-state index is 10.7. The van der Waals surface area contributed by atoms with Gasteiger partial charge in [0, 0.05) is 5.56 Å². The van der Waals surface area contributed by atoms with Crippen molar-refractivity contribution >= 4 is 11.8 Å². The lowest BCUT2D eigenvalue weighted by Gasteiger charge is -2.21. The highest BCUT2D eigenvalue weighted by Gasteiger charge is 2.22. The van der Waals surface area contributed by atoms with Crippen LogP contribution in [0, 0.1) is 0 Å². The lowest BCUT2D eigenvalue weighted by Crippen LogP contribution is -2.24. The van der Waals surface area contributed by atoms with E-state index in [1.807, 2.05) is 13.8 Å². The van der Waals surface area contributed by atoms with Gasteiger partial charge < -0.3 is 9.84 Å². The summed E-state index contributed by atoms with van der Waals surface area (Å²) in [6, 6.07) is 6.94. The van der Waals surface area contributed by atoms with Crippen LogP contribution in [0.15, 0.2) is 24.3 Å². The fraction of sp³-hybridized carbons (Fsp3) is 0.300. The first-order valence-electron chi connectivity index (χ1n) is 4.52. The number of rotatable bonds is 0. The Bertz CT molecular complexity index is 325. The van der Waals surface area contributed by atoms with Crippen molar-refractivity contribution < 1.29 is 14.6 Å². The van der Waals surface area contributed by atoms with Crippen LogP contribution >= 0.6 is 0 Å². The summed E-state index contributed by atoms with van der Waals surface area (Å²) in [6.07, 6.45) is -1.77. The summed E-state index contributed by atoms with van der Waals surface area (Å²) in [6.45, 7) is 4.00. The van der Waals surface area contributed by atoms with Crippen molar-refractivity contribution in [1.29, 1.82) is 0 Å². The number of ether oxygens (including phenoxy) is 1. The predicted molar refractivity (Wildman–Crippen MR) is 52.9 cm³/mol. The fourth-order valence-corrected chi connectivity index (χ4v) is 1.13. The maximum atomic E-state index is 10.7. The Hall–Kier alpha value is -1.55. The lowest BCUT2D eigenvalue weighted by atomic mass is 10.1. The second-order valence-electron chi connectivity index (χ2n) is 2.47. The van der Waals surface area contributed by atoms with Crippen LogP contribution in [0.5, 0.6) is 0 Å². The molecule has 0 spiro atoms. The summed E-state index contributed by atoms with van der Waals surface area (Å²) in [4.78, 5) is 10.7. The van der Waals surface area contributed by atoms with Crippen molar-refractivity contribution in [3.8, 4) is 0 Å². The predicted octanol–water partition coefficient (Wildman–Crippen LogP) is 2.27. The number of para-hydroxylation sites is 1. The molecule has 0 aliphatic carbocycles. The quantitative estimate of drug-likeness (QED) is 0.667. The minimum absolute atomic E-state index is 0.581. The molecule has 1 amide bonds. The fourth-order valence-electron chi connectivity index (χ4n) is 1.13. The molecule has 1 aromatic rings. The molecule has 0 saturated heterocycles. The number of hydrogen-bond acceptors (Lipinski definition) is 3. The van der Waals surface area contributed by atoms with E-state index in [1.165, 1.54) is 0 Å². The topological polar surface area (TPSA) is 58.6 Å². The van der Waals surface area contributed by atoms with Gasteiger partial charge in [-0.3, -0.25) is 5.32 Å². The molecule has 1 aromatic carbocycles. The third-order valence-electron chi connectivity index (χ3n) is 1.68. The molecule has 2 rings (SSSR count). The normalized spacial score (nSPS) is 18.2. The van der Waals surface area contributed by atoms with Gasteiger partial charge in [0.1, 0.15) is 0 Å². The number of anilines is 1. The second-order valence-corrected chi connectivity index (χ2v) is 2.47. The second kappa shape index (κ2) is 4.62. The van der Waals surface area contributed by atoms with Crippen LogP contribution in [0.3, 0.4) is 0 Å². The first-order chi connectivity index (χ1) is 6.77. The molecule has 1 heterocycles. The standard InChI is InChI=1S/C8H7NO3.C2H6/c10-7-5-3-1-2-4-6(5)9-8(11)12-7;1-2/h1-4,7,10H,(H,9,11);1-2H3. The van der Waals surface area contributed by atoms with Crippen LogP contribution in [0.25, 0.3) is 0 Å². The molecule has 0 fully saturated rings. The van der Waals surface area contributed by atoms with Crippen molar-refractivity contribution in [3.63, 3.8) is 0 Å². The number of hydrogen-bond donors (Lipinski definition) is 2. The zero-order valence-electron chi connectivity index (χ0n) is 8.15. The molecule has 14 heavy (non-hydrogen) atoms. The van der Waals surface area contributed by atoms with E-state index in [0.717, 1.165) is 0 Å². The molecule has 4 heteroatoms. The van der Waals surface area contributed by atoms with Crippen LogP contribution in [0.2, 0.25) is 0 Å². The van der Waals surface area contributed by atoms with Crippen molar-refractivity contribution in [3.05, 3.63) is 29.8 Å². The Kier molecular flexibility index (Phi) is 3.48. The SMILES string of the molecule is CC.O=C1Nc2ccccc2C(O)O1. The summed E-state index contributed by atoms with van der Waals surface area (Å²) in [5, 5.41) is 11.7. The molecule has 0 radical (unpaired) electrons. The first kappa shape index (κ1) is 10.5. The van der Waals surface area contributed by atoms with Gasteiger partial charge in [-0.25, -0.2) is 4.79 Å². The summed E-state index contributed by atoms with van der Waals surface area (Å²) in [5.41, 5.74) is 1.18. The number of benzene rings is 1. The number of aliphatic hydroxyl groups is 1. The van der Waals surface area contributed by atoms with Gasteiger partial charge in [0.15, 0.2) is 0 Å². The van der Waals surface area contributed by atoms with Crippen molar-refractivity contribution in [2.24, 2.45) is 0 Å². The Morgan fingerprint density at radius 3 is 2.71 bits per heavy atom. The number of aliphatic hydroxyl groups excluding tert-OH is 1. The monoisotopic (exact) mass is 195 g/mol. The van der Waals surface area contributed by atoms with Crippen LogP contribution < -0.4 is 5.32 Å². The number of cyclic esters (lactones) is 1. The van der Waals surface area contributed by atoms with Crippen LogP contribution in [-0.4, -0.2) is 11.2 Å². The zero-order valence-corrected chi connectivity index (χ0v) is 8.15. The Morgan fingerprint density at radius 1 is 1.36 bits per heavy atom. The lowest BCUT2D eigenvalue weighted by molar-refractivity contribution is -0.0523. The van der Waals surface area contributed by atoms with E-state index >= 15 is 0 Å². The van der Waals surface area contributed by atoms with Gasteiger partial charge in [0.2, 0.25) is 6.29 Å². The number of carbonyl (C=O) groups is 1. The maximum Gasteiger partial charge on any atom is 0.414 e. The highest BCUT2D eigenvalue weighted by molar-refractivity contribution is 5.87. The molecular weight excluding hydrogens is 182 g/mol. The van der Waals surface area contributed by atoms with Gasteiger partial charge in [0.25, 0.3) is 0 Å². The first-order valence-corrected chi connectivity index (χ1v) is 4.52. The van der Waals surface area contributed by atoms with Gasteiger partial charge in [0.05, 0.1) is 5.69 Å². The van der Waals surface area contributed by atoms with E-state index in [1.54, 1.807) is 24.3 Å². The molecule has 1 aliphatic rings. The van der Waals surface area contributed by atoms with Crippen molar-refractivity contribution in [2.75, 3.05) is 5.32 Å². The molecule has 0 saturated carbocycles. The molecule has 1 aliphatic heterocycles. The van der Waals surface area contributed by atoms with E-state index in [4.69, 9.17) is 0 Å².